The molecule has 3 rings (SSSR count). The minimum atomic E-state index is -4.63. The monoisotopic (exact) mass is 450 g/mol. The number of rotatable bonds is 7. The fourth-order valence-corrected chi connectivity index (χ4v) is 2.95. The molecule has 0 aliphatic heterocycles. The molecule has 0 aliphatic carbocycles. The number of carbonyl (C=O) groups is 1. The van der Waals surface area contributed by atoms with Crippen LogP contribution in [0, 0.1) is 5.41 Å². The first-order valence-corrected chi connectivity index (χ1v) is 9.36. The van der Waals surface area contributed by atoms with Gasteiger partial charge in [0.05, 0.1) is 13.7 Å². The van der Waals surface area contributed by atoms with E-state index in [1.807, 2.05) is 0 Å². The second kappa shape index (κ2) is 8.85. The third kappa shape index (κ3) is 4.50. The Bertz CT molecular complexity index is 1220. The lowest BCUT2D eigenvalue weighted by atomic mass is 10.1. The summed E-state index contributed by atoms with van der Waals surface area (Å²) in [5, 5.41) is 14.8. The maximum Gasteiger partial charge on any atom is 0.433 e. The summed E-state index contributed by atoms with van der Waals surface area (Å²) < 4.78 is 50.2. The highest BCUT2D eigenvalue weighted by Crippen LogP contribution is 2.36. The van der Waals surface area contributed by atoms with Crippen molar-refractivity contribution in [1.29, 1.82) is 5.41 Å². The number of pyridine rings is 1. The Kier molecular flexibility index (Phi) is 6.37. The second-order valence-corrected chi connectivity index (χ2v) is 6.83. The van der Waals surface area contributed by atoms with E-state index in [0.29, 0.717) is 10.9 Å². The number of halogens is 3. The Morgan fingerprint density at radius 1 is 1.28 bits per heavy atom. The number of nitrogens with two attached hydrogens (primary N) is 3. The molecule has 3 aromatic rings. The Hall–Kier alpha value is -3.64. The molecule has 32 heavy (non-hydrogen) atoms. The average molecular weight is 450 g/mol. The van der Waals surface area contributed by atoms with Gasteiger partial charge in [0.25, 0.3) is 0 Å². The van der Waals surface area contributed by atoms with Gasteiger partial charge in [-0.3, -0.25) is 16.1 Å². The second-order valence-electron chi connectivity index (χ2n) is 6.83. The van der Waals surface area contributed by atoms with Gasteiger partial charge in [0, 0.05) is 17.9 Å². The lowest BCUT2D eigenvalue weighted by Crippen LogP contribution is -2.90. The van der Waals surface area contributed by atoms with Gasteiger partial charge >= 0.3 is 12.1 Å². The molecule has 0 spiro atoms. The van der Waals surface area contributed by atoms with E-state index in [9.17, 15) is 18.0 Å². The molecule has 168 valence electrons. The minimum Gasteiger partial charge on any atom is -0.494 e. The fourth-order valence-electron chi connectivity index (χ4n) is 2.95. The molecule has 1 amide bonds. The number of carbonyl (C=O) groups excluding carboxylic acids is 1. The van der Waals surface area contributed by atoms with Gasteiger partial charge in [0.15, 0.2) is 17.2 Å². The third-order valence-corrected chi connectivity index (χ3v) is 4.64. The van der Waals surface area contributed by atoms with Crippen molar-refractivity contribution < 1.29 is 37.8 Å². The van der Waals surface area contributed by atoms with Gasteiger partial charge in [-0.25, -0.2) is 9.78 Å². The summed E-state index contributed by atoms with van der Waals surface area (Å²) in [5.41, 5.74) is 5.22. The molecular formula is C20H21F3N6O3+2. The highest BCUT2D eigenvalue weighted by atomic mass is 19.4. The van der Waals surface area contributed by atoms with Crippen LogP contribution in [0.25, 0.3) is 22.4 Å². The first kappa shape index (κ1) is 23.0. The van der Waals surface area contributed by atoms with Crippen molar-refractivity contribution >= 4 is 28.2 Å². The van der Waals surface area contributed by atoms with Crippen LogP contribution in [-0.4, -0.2) is 41.0 Å². The summed E-state index contributed by atoms with van der Waals surface area (Å²) in [6.45, 7) is 1.42. The Labute approximate surface area is 179 Å². The molecule has 0 bridgehead atoms. The van der Waals surface area contributed by atoms with Crippen LogP contribution in [0.4, 0.5) is 13.2 Å². The molecule has 9 nitrogen and oxygen atoms in total. The summed E-state index contributed by atoms with van der Waals surface area (Å²) in [4.78, 5) is 20.5. The quantitative estimate of drug-likeness (QED) is 0.380. The highest BCUT2D eigenvalue weighted by molar-refractivity contribution is 6.38. The van der Waals surface area contributed by atoms with Gasteiger partial charge in [-0.05, 0) is 24.3 Å². The molecule has 0 unspecified atom stereocenters. The Morgan fingerprint density at radius 2 is 2.00 bits per heavy atom. The third-order valence-electron chi connectivity index (χ3n) is 4.64. The number of nitrogens with zero attached hydrogens (tertiary/aromatic N) is 2. The zero-order valence-electron chi connectivity index (χ0n) is 17.2. The molecule has 0 atom stereocenters. The van der Waals surface area contributed by atoms with E-state index in [1.54, 1.807) is 13.0 Å². The predicted molar refractivity (Wildman–Crippen MR) is 108 cm³/mol. The molecule has 0 saturated carbocycles. The summed E-state index contributed by atoms with van der Waals surface area (Å²) in [6, 6.07) is 5.06. The highest BCUT2D eigenvalue weighted by Gasteiger charge is 2.33. The lowest BCUT2D eigenvalue weighted by molar-refractivity contribution is -0.539. The van der Waals surface area contributed by atoms with Gasteiger partial charge < -0.3 is 14.9 Å². The van der Waals surface area contributed by atoms with E-state index in [4.69, 9.17) is 25.7 Å². The number of hydrogen-bond donors (Lipinski definition) is 4. The molecule has 0 saturated heterocycles. The lowest BCUT2D eigenvalue weighted by Gasteiger charge is -2.11. The zero-order valence-corrected chi connectivity index (χ0v) is 17.2. The summed E-state index contributed by atoms with van der Waals surface area (Å²) in [6.07, 6.45) is -4.63. The molecule has 2 heterocycles. The SMILES string of the molecule is COc1ccc(-c2nc(C(=O)[NH2+]CC(=N)C(C)=[NH2+])c(CN)o2)c2ccc(C(F)(F)F)nc12. The van der Waals surface area contributed by atoms with Gasteiger partial charge in [0.2, 0.25) is 11.6 Å². The molecule has 0 fully saturated rings. The molecule has 2 aromatic heterocycles. The van der Waals surface area contributed by atoms with Crippen LogP contribution in [0.1, 0.15) is 28.9 Å². The summed E-state index contributed by atoms with van der Waals surface area (Å²) in [5.74, 6) is -0.281. The molecule has 12 heteroatoms. The number of methoxy groups -OCH3 is 1. The first-order chi connectivity index (χ1) is 15.1. The number of benzene rings is 1. The smallest absolute Gasteiger partial charge is 0.433 e. The molecule has 0 aliphatic rings. The van der Waals surface area contributed by atoms with Gasteiger partial charge in [-0.15, -0.1) is 0 Å². The molecule has 1 aromatic carbocycles. The topological polar surface area (TPSA) is 157 Å². The van der Waals surface area contributed by atoms with E-state index >= 15 is 0 Å². The molecule has 7 N–H and O–H groups in total. The minimum absolute atomic E-state index is 0.00295. The number of quaternary nitrogens is 1. The van der Waals surface area contributed by atoms with E-state index in [-0.39, 0.29) is 53.1 Å². The fraction of sp³-hybridized carbons (Fsp3) is 0.250. The van der Waals surface area contributed by atoms with Gasteiger partial charge in [-0.2, -0.15) is 18.2 Å². The van der Waals surface area contributed by atoms with Crippen molar-refractivity contribution in [2.24, 2.45) is 5.73 Å². The van der Waals surface area contributed by atoms with Crippen molar-refractivity contribution in [1.82, 2.24) is 9.97 Å². The van der Waals surface area contributed by atoms with Crippen LogP contribution >= 0.6 is 0 Å². The van der Waals surface area contributed by atoms with Crippen molar-refractivity contribution in [3.05, 3.63) is 41.4 Å². The van der Waals surface area contributed by atoms with Crippen LogP contribution in [-0.2, 0) is 12.7 Å². The average Bonchev–Trinajstić information content (AvgIpc) is 3.19. The largest absolute Gasteiger partial charge is 0.494 e. The number of primary amides is 1. The van der Waals surface area contributed by atoms with Crippen LogP contribution in [0.15, 0.2) is 28.7 Å². The zero-order chi connectivity index (χ0) is 23.6. The number of hydrogen-bond acceptors (Lipinski definition) is 7. The summed E-state index contributed by atoms with van der Waals surface area (Å²) >= 11 is 0. The predicted octanol–water partition coefficient (Wildman–Crippen LogP) is 0.319. The van der Waals surface area contributed by atoms with Crippen molar-refractivity contribution in [3.8, 4) is 17.2 Å². The van der Waals surface area contributed by atoms with Crippen LogP contribution in [0.3, 0.4) is 0 Å². The van der Waals surface area contributed by atoms with Crippen molar-refractivity contribution in [2.75, 3.05) is 13.7 Å². The van der Waals surface area contributed by atoms with Crippen LogP contribution < -0.4 is 21.2 Å². The van der Waals surface area contributed by atoms with E-state index in [0.717, 1.165) is 6.07 Å². The number of alkyl halides is 3. The van der Waals surface area contributed by atoms with Gasteiger partial charge in [0.1, 0.15) is 23.5 Å². The Balaban J connectivity index is 2.06. The number of fused-ring (bicyclic) bond motifs is 1. The normalized spacial score (nSPS) is 11.6. The maximum absolute atomic E-state index is 13.1. The Morgan fingerprint density at radius 3 is 2.59 bits per heavy atom. The number of amides is 1. The van der Waals surface area contributed by atoms with E-state index < -0.39 is 17.8 Å². The standard InChI is InChI=1S/C20H19F3N6O3/c1-9(25)12(26)8-27-18(30)17-14(7-24)32-19(29-17)11-3-5-13(31-2)16-10(11)4-6-15(28-16)20(21,22)23/h3-6,25-26H,7-8,24H2,1-2H3,(H,27,30)/p+2. The molecule has 0 radical (unpaired) electrons. The maximum atomic E-state index is 13.1. The number of oxazole rings is 1. The van der Waals surface area contributed by atoms with Crippen molar-refractivity contribution in [3.63, 3.8) is 0 Å². The number of ether oxygens (including phenoxy) is 1. The van der Waals surface area contributed by atoms with E-state index in [1.165, 1.54) is 24.6 Å². The van der Waals surface area contributed by atoms with Crippen molar-refractivity contribution in [2.45, 2.75) is 19.6 Å². The van der Waals surface area contributed by atoms with Crippen LogP contribution in [0.5, 0.6) is 5.75 Å². The van der Waals surface area contributed by atoms with Gasteiger partial charge in [-0.1, -0.05) is 0 Å². The first-order valence-electron chi connectivity index (χ1n) is 9.36. The molecular weight excluding hydrogens is 429 g/mol. The number of aromatic nitrogens is 2. The van der Waals surface area contributed by atoms with E-state index in [2.05, 4.69) is 9.97 Å². The van der Waals surface area contributed by atoms with Crippen LogP contribution in [0.2, 0.25) is 0 Å². The number of nitrogens with one attached hydrogen (secondary N) is 1. The summed E-state index contributed by atoms with van der Waals surface area (Å²) in [7, 11) is 1.32.